The first-order valence-corrected chi connectivity index (χ1v) is 9.39. The average molecular weight is 276 g/mol. The Kier molecular flexibility index (Phi) is 9.39. The lowest BCUT2D eigenvalue weighted by Gasteiger charge is -2.33. The van der Waals surface area contributed by atoms with Crippen LogP contribution in [-0.4, -0.2) is 7.85 Å². The molecule has 0 aromatic heterocycles. The van der Waals surface area contributed by atoms with Gasteiger partial charge in [0.25, 0.3) is 0 Å². The second-order valence-corrected chi connectivity index (χ2v) is 7.16. The predicted molar refractivity (Wildman–Crippen MR) is 95.2 cm³/mol. The van der Waals surface area contributed by atoms with Crippen LogP contribution in [0.2, 0.25) is 5.82 Å². The zero-order valence-corrected chi connectivity index (χ0v) is 14.6. The summed E-state index contributed by atoms with van der Waals surface area (Å²) in [6.07, 6.45) is 18.2. The Morgan fingerprint density at radius 3 is 2.30 bits per heavy atom. The first-order chi connectivity index (χ1) is 9.69. The van der Waals surface area contributed by atoms with Gasteiger partial charge in [-0.3, -0.25) is 0 Å². The Morgan fingerprint density at radius 1 is 1.00 bits per heavy atom. The Balaban J connectivity index is 2.33. The van der Waals surface area contributed by atoms with Crippen molar-refractivity contribution in [1.29, 1.82) is 0 Å². The minimum Gasteiger partial charge on any atom is -0.0827 e. The highest BCUT2D eigenvalue weighted by atomic mass is 14.3. The smallest absolute Gasteiger partial charge is 0.0827 e. The van der Waals surface area contributed by atoms with Crippen molar-refractivity contribution >= 4 is 7.85 Å². The molecule has 3 atom stereocenters. The molecule has 0 spiro atoms. The molecule has 0 bridgehead atoms. The van der Waals surface area contributed by atoms with E-state index in [4.69, 9.17) is 0 Å². The molecule has 0 N–H and O–H groups in total. The third kappa shape index (κ3) is 6.50. The highest BCUT2D eigenvalue weighted by molar-refractivity contribution is 6.13. The first-order valence-electron chi connectivity index (χ1n) is 9.39. The maximum absolute atomic E-state index is 2.64. The fourth-order valence-electron chi connectivity index (χ4n) is 3.76. The van der Waals surface area contributed by atoms with Gasteiger partial charge in [0, 0.05) is 0 Å². The van der Waals surface area contributed by atoms with E-state index in [-0.39, 0.29) is 0 Å². The van der Waals surface area contributed by atoms with Gasteiger partial charge in [-0.15, -0.1) is 0 Å². The lowest BCUT2D eigenvalue weighted by molar-refractivity contribution is 0.331. The van der Waals surface area contributed by atoms with Crippen molar-refractivity contribution in [2.24, 2.45) is 11.8 Å². The van der Waals surface area contributed by atoms with E-state index in [1.54, 1.807) is 5.57 Å². The molecule has 116 valence electrons. The van der Waals surface area contributed by atoms with Crippen LogP contribution in [-0.2, 0) is 0 Å². The van der Waals surface area contributed by atoms with Gasteiger partial charge in [-0.25, -0.2) is 0 Å². The molecule has 0 aromatic carbocycles. The van der Waals surface area contributed by atoms with Gasteiger partial charge in [0.15, 0.2) is 0 Å². The molecular formula is C19H37B. The van der Waals surface area contributed by atoms with Crippen LogP contribution in [0.1, 0.15) is 91.4 Å². The third-order valence-corrected chi connectivity index (χ3v) is 5.26. The third-order valence-electron chi connectivity index (χ3n) is 5.26. The summed E-state index contributed by atoms with van der Waals surface area (Å²) in [6.45, 7) is 7.06. The second kappa shape index (κ2) is 10.5. The van der Waals surface area contributed by atoms with Crippen LogP contribution in [0.15, 0.2) is 11.6 Å². The van der Waals surface area contributed by atoms with Crippen LogP contribution in [0.5, 0.6) is 0 Å². The highest BCUT2D eigenvalue weighted by Gasteiger charge is 2.25. The van der Waals surface area contributed by atoms with Crippen molar-refractivity contribution in [3.8, 4) is 0 Å². The van der Waals surface area contributed by atoms with Gasteiger partial charge < -0.3 is 0 Å². The van der Waals surface area contributed by atoms with Gasteiger partial charge in [0.05, 0.1) is 0 Å². The zero-order chi connectivity index (χ0) is 14.8. The molecular weight excluding hydrogens is 239 g/mol. The van der Waals surface area contributed by atoms with E-state index < -0.39 is 0 Å². The summed E-state index contributed by atoms with van der Waals surface area (Å²) < 4.78 is 0. The van der Waals surface area contributed by atoms with Crippen molar-refractivity contribution in [3.63, 3.8) is 0 Å². The zero-order valence-electron chi connectivity index (χ0n) is 14.6. The molecule has 1 heteroatoms. The summed E-state index contributed by atoms with van der Waals surface area (Å²) in [7, 11) is 2.47. The standard InChI is InChI=1S/C19H37B/c1-4-6-8-10-12-17-15-19(20)18(14-16(17)3)13-11-9-7-5-2/h14,16-17,19H,4-13,15,20H2,1-3H3/t16-,17?,19?/m1/s1. The Bertz CT molecular complexity index is 269. The minimum atomic E-state index is 0.828. The van der Waals surface area contributed by atoms with Crippen LogP contribution in [0.25, 0.3) is 0 Å². The van der Waals surface area contributed by atoms with E-state index in [1.807, 2.05) is 0 Å². The average Bonchev–Trinajstić information content (AvgIpc) is 2.44. The van der Waals surface area contributed by atoms with E-state index in [0.717, 1.165) is 17.7 Å². The topological polar surface area (TPSA) is 0 Å². The quantitative estimate of drug-likeness (QED) is 0.263. The van der Waals surface area contributed by atoms with Gasteiger partial charge in [-0.2, -0.15) is 0 Å². The van der Waals surface area contributed by atoms with E-state index in [2.05, 4.69) is 34.7 Å². The molecule has 1 aliphatic carbocycles. The van der Waals surface area contributed by atoms with Crippen molar-refractivity contribution < 1.29 is 0 Å². The van der Waals surface area contributed by atoms with Crippen LogP contribution >= 0.6 is 0 Å². The number of allylic oxidation sites excluding steroid dienone is 2. The van der Waals surface area contributed by atoms with E-state index in [0.29, 0.717) is 0 Å². The summed E-state index contributed by atoms with van der Waals surface area (Å²) in [5.41, 5.74) is 1.78. The molecule has 0 aliphatic heterocycles. The van der Waals surface area contributed by atoms with Crippen LogP contribution in [0, 0.1) is 11.8 Å². The van der Waals surface area contributed by atoms with Crippen LogP contribution in [0.3, 0.4) is 0 Å². The van der Waals surface area contributed by atoms with Crippen molar-refractivity contribution in [1.82, 2.24) is 0 Å². The summed E-state index contributed by atoms with van der Waals surface area (Å²) in [4.78, 5) is 0. The van der Waals surface area contributed by atoms with Gasteiger partial charge in [0.1, 0.15) is 7.85 Å². The lowest BCUT2D eigenvalue weighted by Crippen LogP contribution is -2.20. The normalized spacial score (nSPS) is 26.6. The molecule has 0 heterocycles. The summed E-state index contributed by atoms with van der Waals surface area (Å²) in [6, 6.07) is 0. The van der Waals surface area contributed by atoms with Crippen molar-refractivity contribution in [2.45, 2.75) is 97.2 Å². The molecule has 0 nitrogen and oxygen atoms in total. The lowest BCUT2D eigenvalue weighted by atomic mass is 9.65. The fraction of sp³-hybridized carbons (Fsp3) is 0.895. The Labute approximate surface area is 129 Å². The molecule has 2 unspecified atom stereocenters. The summed E-state index contributed by atoms with van der Waals surface area (Å²) in [5, 5.41) is 0. The molecule has 0 amide bonds. The number of hydrogen-bond donors (Lipinski definition) is 0. The molecule has 0 saturated heterocycles. The monoisotopic (exact) mass is 276 g/mol. The van der Waals surface area contributed by atoms with Gasteiger partial charge >= 0.3 is 0 Å². The molecule has 1 aliphatic rings. The molecule has 0 fully saturated rings. The summed E-state index contributed by atoms with van der Waals surface area (Å²) >= 11 is 0. The first kappa shape index (κ1) is 17.9. The number of unbranched alkanes of at least 4 members (excludes halogenated alkanes) is 6. The maximum atomic E-state index is 2.64. The minimum absolute atomic E-state index is 0.828. The van der Waals surface area contributed by atoms with Crippen LogP contribution in [0.4, 0.5) is 0 Å². The Morgan fingerprint density at radius 2 is 1.65 bits per heavy atom. The van der Waals surface area contributed by atoms with Crippen molar-refractivity contribution in [3.05, 3.63) is 11.6 Å². The van der Waals surface area contributed by atoms with E-state index in [1.165, 1.54) is 70.6 Å². The van der Waals surface area contributed by atoms with Gasteiger partial charge in [0.2, 0.25) is 0 Å². The molecule has 0 saturated carbocycles. The van der Waals surface area contributed by atoms with E-state index >= 15 is 0 Å². The number of rotatable bonds is 10. The van der Waals surface area contributed by atoms with Crippen molar-refractivity contribution in [2.75, 3.05) is 0 Å². The second-order valence-electron chi connectivity index (χ2n) is 7.16. The van der Waals surface area contributed by atoms with Gasteiger partial charge in [-0.1, -0.05) is 83.8 Å². The fourth-order valence-corrected chi connectivity index (χ4v) is 3.76. The van der Waals surface area contributed by atoms with Crippen LogP contribution < -0.4 is 0 Å². The predicted octanol–water partition coefficient (Wildman–Crippen LogP) is 5.93. The van der Waals surface area contributed by atoms with E-state index in [9.17, 15) is 0 Å². The molecule has 0 radical (unpaired) electrons. The largest absolute Gasteiger partial charge is 0.110 e. The molecule has 1 rings (SSSR count). The summed E-state index contributed by atoms with van der Waals surface area (Å²) in [5.74, 6) is 2.64. The Hall–Kier alpha value is -0.195. The maximum Gasteiger partial charge on any atom is 0.110 e. The molecule has 20 heavy (non-hydrogen) atoms. The van der Waals surface area contributed by atoms with Gasteiger partial charge in [-0.05, 0) is 36.9 Å². The SMILES string of the molecule is BC1CC(CCCCCC)[C@H](C)C=C1CCCCCC. The highest BCUT2D eigenvalue weighted by Crippen LogP contribution is 2.39. The molecule has 0 aromatic rings. The number of hydrogen-bond acceptors (Lipinski definition) is 0.